The van der Waals surface area contributed by atoms with Crippen LogP contribution in [0.3, 0.4) is 0 Å². The minimum Gasteiger partial charge on any atom is -0.591 e. The van der Waals surface area contributed by atoms with Gasteiger partial charge in [0.15, 0.2) is 0 Å². The van der Waals surface area contributed by atoms with Gasteiger partial charge in [0, 0.05) is 10.9 Å². The number of halogens is 2. The van der Waals surface area contributed by atoms with Crippen molar-refractivity contribution in [3.8, 4) is 0 Å². The quantitative estimate of drug-likeness (QED) is 0.194. The number of alkyl halides is 2. The monoisotopic (exact) mass is 533 g/mol. The van der Waals surface area contributed by atoms with Gasteiger partial charge in [-0.25, -0.2) is 0 Å². The molecule has 1 atom stereocenters. The van der Waals surface area contributed by atoms with Crippen molar-refractivity contribution in [2.45, 2.75) is 57.3 Å². The SMILES string of the molecule is CC(C)(C)[S+]([O-])N=Cc1cc(C(F)(F)CO[Si](c2ccccc2)(c2ccccc2)C(C)(C)C)cs1. The molecule has 0 aliphatic heterocycles. The smallest absolute Gasteiger partial charge is 0.295 e. The average Bonchev–Trinajstić information content (AvgIpc) is 3.28. The molecule has 0 fully saturated rings. The number of hydrogen-bond donors (Lipinski definition) is 0. The lowest BCUT2D eigenvalue weighted by atomic mass is 10.2. The number of benzene rings is 2. The van der Waals surface area contributed by atoms with Crippen LogP contribution in [-0.2, 0) is 21.7 Å². The van der Waals surface area contributed by atoms with Crippen molar-refractivity contribution in [2.75, 3.05) is 6.61 Å². The van der Waals surface area contributed by atoms with Crippen LogP contribution in [0.4, 0.5) is 8.78 Å². The Morgan fingerprint density at radius 3 is 1.91 bits per heavy atom. The first-order valence-corrected chi connectivity index (χ1v) is 15.3. The molecule has 35 heavy (non-hydrogen) atoms. The van der Waals surface area contributed by atoms with Gasteiger partial charge in [0.25, 0.3) is 14.2 Å². The molecule has 3 nitrogen and oxygen atoms in total. The summed E-state index contributed by atoms with van der Waals surface area (Å²) in [5, 5.41) is 2.94. The molecule has 0 bridgehead atoms. The Kier molecular flexibility index (Phi) is 8.44. The summed E-state index contributed by atoms with van der Waals surface area (Å²) in [5.41, 5.74) is -0.122. The Balaban J connectivity index is 1.93. The van der Waals surface area contributed by atoms with Crippen LogP contribution in [-0.4, -0.2) is 30.4 Å². The molecule has 0 radical (unpaired) electrons. The zero-order chi connectivity index (χ0) is 25.9. The minimum absolute atomic E-state index is 0.122. The highest BCUT2D eigenvalue weighted by Crippen LogP contribution is 2.39. The minimum atomic E-state index is -3.20. The van der Waals surface area contributed by atoms with Gasteiger partial charge in [-0.05, 0) is 42.2 Å². The lowest BCUT2D eigenvalue weighted by molar-refractivity contribution is -0.0494. The van der Waals surface area contributed by atoms with E-state index in [0.717, 1.165) is 21.7 Å². The Labute approximate surface area is 215 Å². The molecule has 3 rings (SSSR count). The zero-order valence-electron chi connectivity index (χ0n) is 21.0. The van der Waals surface area contributed by atoms with Crippen LogP contribution in [0.25, 0.3) is 0 Å². The second-order valence-electron chi connectivity index (χ2n) is 10.5. The fourth-order valence-electron chi connectivity index (χ4n) is 3.91. The lowest BCUT2D eigenvalue weighted by Gasteiger charge is -2.43. The van der Waals surface area contributed by atoms with Gasteiger partial charge in [-0.2, -0.15) is 8.78 Å². The summed E-state index contributed by atoms with van der Waals surface area (Å²) < 4.78 is 53.2. The summed E-state index contributed by atoms with van der Waals surface area (Å²) in [7, 11) is -3.08. The van der Waals surface area contributed by atoms with E-state index in [2.05, 4.69) is 25.2 Å². The molecule has 0 spiro atoms. The fraction of sp³-hybridized carbons (Fsp3) is 0.370. The molecule has 2 aromatic carbocycles. The Morgan fingerprint density at radius 1 is 0.943 bits per heavy atom. The summed E-state index contributed by atoms with van der Waals surface area (Å²) in [5.74, 6) is -3.20. The van der Waals surface area contributed by atoms with E-state index in [1.165, 1.54) is 17.7 Å². The maximum atomic E-state index is 15.5. The topological polar surface area (TPSA) is 44.7 Å². The van der Waals surface area contributed by atoms with Gasteiger partial charge in [-0.1, -0.05) is 85.8 Å². The van der Waals surface area contributed by atoms with E-state index in [9.17, 15) is 4.55 Å². The predicted molar refractivity (Wildman–Crippen MR) is 147 cm³/mol. The van der Waals surface area contributed by atoms with Crippen LogP contribution in [0.15, 0.2) is 76.5 Å². The molecule has 188 valence electrons. The number of rotatable bonds is 8. The molecular weight excluding hydrogens is 501 g/mol. The molecular formula is C27H33F2NO2S2Si. The normalized spacial score (nSPS) is 14.4. The van der Waals surface area contributed by atoms with Gasteiger partial charge in [-0.3, -0.25) is 0 Å². The maximum Gasteiger partial charge on any atom is 0.295 e. The van der Waals surface area contributed by atoms with Gasteiger partial charge in [0.1, 0.15) is 22.7 Å². The third-order valence-corrected chi connectivity index (χ3v) is 12.9. The van der Waals surface area contributed by atoms with Gasteiger partial charge in [0.2, 0.25) is 0 Å². The van der Waals surface area contributed by atoms with Gasteiger partial charge in [0.05, 0.1) is 11.1 Å². The van der Waals surface area contributed by atoms with E-state index in [4.69, 9.17) is 4.43 Å². The maximum absolute atomic E-state index is 15.5. The molecule has 1 aromatic heterocycles. The molecule has 0 saturated heterocycles. The molecule has 0 saturated carbocycles. The third kappa shape index (κ3) is 6.30. The summed E-state index contributed by atoms with van der Waals surface area (Å²) >= 11 is -0.295. The van der Waals surface area contributed by atoms with Gasteiger partial charge >= 0.3 is 0 Å². The Hall–Kier alpha value is -1.84. The summed E-state index contributed by atoms with van der Waals surface area (Å²) in [6, 6.07) is 20.9. The highest BCUT2D eigenvalue weighted by Gasteiger charge is 2.52. The highest BCUT2D eigenvalue weighted by molar-refractivity contribution is 7.91. The second kappa shape index (κ2) is 10.6. The van der Waals surface area contributed by atoms with Gasteiger partial charge in [-0.15, -0.1) is 11.3 Å². The molecule has 3 aromatic rings. The van der Waals surface area contributed by atoms with Crippen LogP contribution in [0.5, 0.6) is 0 Å². The molecule has 0 aliphatic carbocycles. The van der Waals surface area contributed by atoms with Crippen molar-refractivity contribution < 1.29 is 17.8 Å². The van der Waals surface area contributed by atoms with Crippen LogP contribution < -0.4 is 10.4 Å². The van der Waals surface area contributed by atoms with E-state index < -0.39 is 42.0 Å². The summed E-state index contributed by atoms with van der Waals surface area (Å²) in [4.78, 5) is 0.530. The molecule has 0 amide bonds. The summed E-state index contributed by atoms with van der Waals surface area (Å²) in [6.45, 7) is 10.9. The van der Waals surface area contributed by atoms with Crippen molar-refractivity contribution in [1.29, 1.82) is 0 Å². The van der Waals surface area contributed by atoms with E-state index in [1.54, 1.807) is 0 Å². The first kappa shape index (κ1) is 27.7. The van der Waals surface area contributed by atoms with Gasteiger partial charge < -0.3 is 8.98 Å². The first-order chi connectivity index (χ1) is 16.3. The Morgan fingerprint density at radius 2 is 1.46 bits per heavy atom. The van der Waals surface area contributed by atoms with Crippen molar-refractivity contribution in [1.82, 2.24) is 0 Å². The van der Waals surface area contributed by atoms with Crippen LogP contribution in [0.2, 0.25) is 5.04 Å². The zero-order valence-corrected chi connectivity index (χ0v) is 23.7. The molecule has 1 heterocycles. The third-order valence-electron chi connectivity index (χ3n) is 5.73. The standard InChI is InChI=1S/C27H33F2NO2S2Si/c1-25(2,3)34(31)30-18-22-17-21(19-33-22)27(28,29)20-32-35(26(4,5)6,23-13-9-7-10-14-23)24-15-11-8-12-16-24/h7-19H,20H2,1-6H3. The number of thiophene rings is 1. The van der Waals surface area contributed by atoms with E-state index in [0.29, 0.717) is 4.88 Å². The van der Waals surface area contributed by atoms with Crippen molar-refractivity contribution in [3.05, 3.63) is 82.6 Å². The van der Waals surface area contributed by atoms with Crippen LogP contribution >= 0.6 is 11.3 Å². The van der Waals surface area contributed by atoms with Crippen molar-refractivity contribution >= 4 is 47.6 Å². The number of nitrogens with zero attached hydrogens (tertiary/aromatic N) is 1. The van der Waals surface area contributed by atoms with Crippen molar-refractivity contribution in [2.24, 2.45) is 4.40 Å². The largest absolute Gasteiger partial charge is 0.591 e. The van der Waals surface area contributed by atoms with Crippen molar-refractivity contribution in [3.63, 3.8) is 0 Å². The second-order valence-corrected chi connectivity index (χ2v) is 17.7. The van der Waals surface area contributed by atoms with E-state index >= 15 is 8.78 Å². The summed E-state index contributed by atoms with van der Waals surface area (Å²) in [6.07, 6.45) is 1.41. The molecule has 8 heteroatoms. The molecule has 1 unspecified atom stereocenters. The van der Waals surface area contributed by atoms with Crippen LogP contribution in [0.1, 0.15) is 52.0 Å². The highest BCUT2D eigenvalue weighted by atomic mass is 32.2. The van der Waals surface area contributed by atoms with Crippen LogP contribution in [0, 0.1) is 0 Å². The van der Waals surface area contributed by atoms with E-state index in [-0.39, 0.29) is 5.56 Å². The number of hydrogen-bond acceptors (Lipinski definition) is 4. The molecule has 0 aliphatic rings. The first-order valence-electron chi connectivity index (χ1n) is 11.5. The van der Waals surface area contributed by atoms with E-state index in [1.807, 2.05) is 81.4 Å². The fourth-order valence-corrected chi connectivity index (χ4v) is 9.87. The molecule has 0 N–H and O–H groups in total. The Bertz CT molecular complexity index is 1080. The lowest BCUT2D eigenvalue weighted by Crippen LogP contribution is -2.67. The predicted octanol–water partition coefficient (Wildman–Crippen LogP) is 6.30. The average molecular weight is 534 g/mol.